The van der Waals surface area contributed by atoms with Gasteiger partial charge in [0.2, 0.25) is 0 Å². The number of amides is 1. The van der Waals surface area contributed by atoms with Crippen LogP contribution in [0.15, 0.2) is 24.3 Å². The minimum absolute atomic E-state index is 0.0358. The second-order valence-corrected chi connectivity index (χ2v) is 5.88. The molecule has 1 aliphatic carbocycles. The molecule has 1 saturated carbocycles. The first-order valence-electron chi connectivity index (χ1n) is 7.81. The van der Waals surface area contributed by atoms with Gasteiger partial charge in [-0.05, 0) is 37.5 Å². The van der Waals surface area contributed by atoms with Crippen LogP contribution in [-0.2, 0) is 9.53 Å². The maximum Gasteiger partial charge on any atom is 0.305 e. The predicted octanol–water partition coefficient (Wildman–Crippen LogP) is 2.23. The normalized spacial score (nSPS) is 15.5. The smallest absolute Gasteiger partial charge is 0.305 e. The molecule has 1 amide bonds. The number of carbonyl (C=O) groups is 2. The predicted molar refractivity (Wildman–Crippen MR) is 84.7 cm³/mol. The molecule has 0 radical (unpaired) electrons. The molecule has 1 aromatic carbocycles. The zero-order valence-corrected chi connectivity index (χ0v) is 13.3. The van der Waals surface area contributed by atoms with E-state index in [9.17, 15) is 9.59 Å². The van der Waals surface area contributed by atoms with Crippen molar-refractivity contribution >= 4 is 11.9 Å². The van der Waals surface area contributed by atoms with Crippen LogP contribution in [0.1, 0.15) is 42.5 Å². The zero-order chi connectivity index (χ0) is 16.7. The summed E-state index contributed by atoms with van der Waals surface area (Å²) in [6.45, 7) is 1.14. The molecule has 2 rings (SSSR count). The van der Waals surface area contributed by atoms with E-state index in [2.05, 4.69) is 5.32 Å². The lowest BCUT2D eigenvalue weighted by Gasteiger charge is -2.41. The molecular weight excluding hydrogens is 298 g/mol. The Bertz CT molecular complexity index is 554. The van der Waals surface area contributed by atoms with Gasteiger partial charge >= 0.3 is 5.97 Å². The SMILES string of the molecule is COCCCOc1cccc(C(=O)NC2(CC(=O)O)CCC2)c1. The Morgan fingerprint density at radius 3 is 2.70 bits per heavy atom. The third kappa shape index (κ3) is 4.96. The average molecular weight is 321 g/mol. The van der Waals surface area contributed by atoms with Crippen LogP contribution in [0.4, 0.5) is 0 Å². The first-order chi connectivity index (χ1) is 11.0. The molecule has 0 heterocycles. The van der Waals surface area contributed by atoms with Crippen LogP contribution < -0.4 is 10.1 Å². The number of benzene rings is 1. The number of methoxy groups -OCH3 is 1. The largest absolute Gasteiger partial charge is 0.493 e. The molecule has 0 bridgehead atoms. The number of rotatable bonds is 9. The van der Waals surface area contributed by atoms with E-state index in [4.69, 9.17) is 14.6 Å². The molecule has 1 aliphatic rings. The lowest BCUT2D eigenvalue weighted by Crippen LogP contribution is -2.54. The fraction of sp³-hybridized carbons (Fsp3) is 0.529. The summed E-state index contributed by atoms with van der Waals surface area (Å²) in [5.41, 5.74) is -0.121. The van der Waals surface area contributed by atoms with E-state index in [1.165, 1.54) is 0 Å². The van der Waals surface area contributed by atoms with Crippen LogP contribution in [0.2, 0.25) is 0 Å². The molecule has 0 aromatic heterocycles. The monoisotopic (exact) mass is 321 g/mol. The van der Waals surface area contributed by atoms with Gasteiger partial charge in [-0.15, -0.1) is 0 Å². The van der Waals surface area contributed by atoms with E-state index in [-0.39, 0.29) is 12.3 Å². The van der Waals surface area contributed by atoms with Crippen molar-refractivity contribution in [1.82, 2.24) is 5.32 Å². The molecule has 1 fully saturated rings. The van der Waals surface area contributed by atoms with Crippen molar-refractivity contribution in [3.8, 4) is 5.75 Å². The minimum atomic E-state index is -0.889. The maximum absolute atomic E-state index is 12.4. The minimum Gasteiger partial charge on any atom is -0.493 e. The quantitative estimate of drug-likeness (QED) is 0.681. The summed E-state index contributed by atoms with van der Waals surface area (Å²) in [7, 11) is 1.64. The molecule has 6 nitrogen and oxygen atoms in total. The van der Waals surface area contributed by atoms with Gasteiger partial charge in [0.1, 0.15) is 5.75 Å². The van der Waals surface area contributed by atoms with Crippen LogP contribution in [0.3, 0.4) is 0 Å². The first kappa shape index (κ1) is 17.3. The highest BCUT2D eigenvalue weighted by molar-refractivity contribution is 5.95. The lowest BCUT2D eigenvalue weighted by molar-refractivity contribution is -0.139. The van der Waals surface area contributed by atoms with E-state index >= 15 is 0 Å². The summed E-state index contributed by atoms with van der Waals surface area (Å²) in [6, 6.07) is 6.92. The Kier molecular flexibility index (Phi) is 5.98. The first-order valence-corrected chi connectivity index (χ1v) is 7.81. The Labute approximate surface area is 135 Å². The van der Waals surface area contributed by atoms with Crippen LogP contribution in [-0.4, -0.2) is 42.8 Å². The van der Waals surface area contributed by atoms with E-state index < -0.39 is 11.5 Å². The fourth-order valence-electron chi connectivity index (χ4n) is 2.67. The lowest BCUT2D eigenvalue weighted by atomic mass is 9.74. The molecule has 23 heavy (non-hydrogen) atoms. The molecule has 1 aromatic rings. The molecule has 126 valence electrons. The summed E-state index contributed by atoms with van der Waals surface area (Å²) in [6.07, 6.45) is 3.09. The van der Waals surface area contributed by atoms with Gasteiger partial charge < -0.3 is 19.9 Å². The average Bonchev–Trinajstić information content (AvgIpc) is 2.49. The van der Waals surface area contributed by atoms with Crippen molar-refractivity contribution in [3.05, 3.63) is 29.8 Å². The number of aliphatic carboxylic acids is 1. The molecule has 0 atom stereocenters. The number of nitrogens with one attached hydrogen (secondary N) is 1. The summed E-state index contributed by atoms with van der Waals surface area (Å²) in [5, 5.41) is 11.9. The van der Waals surface area contributed by atoms with Gasteiger partial charge in [0, 0.05) is 25.7 Å². The molecular formula is C17H23NO5. The summed E-state index contributed by atoms with van der Waals surface area (Å²) >= 11 is 0. The van der Waals surface area contributed by atoms with Crippen LogP contribution >= 0.6 is 0 Å². The van der Waals surface area contributed by atoms with Gasteiger partial charge in [0.05, 0.1) is 18.6 Å². The molecule has 0 spiro atoms. The van der Waals surface area contributed by atoms with Gasteiger partial charge in [-0.3, -0.25) is 9.59 Å². The third-order valence-electron chi connectivity index (χ3n) is 4.04. The van der Waals surface area contributed by atoms with Crippen LogP contribution in [0, 0.1) is 0 Å². The summed E-state index contributed by atoms with van der Waals surface area (Å²) in [5.74, 6) is -0.525. The number of hydrogen-bond donors (Lipinski definition) is 2. The Hall–Kier alpha value is -2.08. The van der Waals surface area contributed by atoms with E-state index in [1.807, 2.05) is 0 Å². The third-order valence-corrected chi connectivity index (χ3v) is 4.04. The summed E-state index contributed by atoms with van der Waals surface area (Å²) in [4.78, 5) is 23.4. The van der Waals surface area contributed by atoms with Crippen LogP contribution in [0.5, 0.6) is 5.75 Å². The van der Waals surface area contributed by atoms with Gasteiger partial charge in [0.15, 0.2) is 0 Å². The van der Waals surface area contributed by atoms with Crippen molar-refractivity contribution in [2.75, 3.05) is 20.3 Å². The van der Waals surface area contributed by atoms with E-state index in [1.54, 1.807) is 31.4 Å². The highest BCUT2D eigenvalue weighted by Gasteiger charge is 2.40. The Morgan fingerprint density at radius 2 is 2.09 bits per heavy atom. The van der Waals surface area contributed by atoms with Gasteiger partial charge in [-0.25, -0.2) is 0 Å². The second-order valence-electron chi connectivity index (χ2n) is 5.88. The van der Waals surface area contributed by atoms with Crippen molar-refractivity contribution in [3.63, 3.8) is 0 Å². The summed E-state index contributed by atoms with van der Waals surface area (Å²) < 4.78 is 10.5. The highest BCUT2D eigenvalue weighted by Crippen LogP contribution is 2.35. The van der Waals surface area contributed by atoms with Gasteiger partial charge in [-0.2, -0.15) is 0 Å². The Balaban J connectivity index is 1.95. The topological polar surface area (TPSA) is 84.9 Å². The fourth-order valence-corrected chi connectivity index (χ4v) is 2.67. The van der Waals surface area contributed by atoms with E-state index in [0.29, 0.717) is 37.4 Å². The number of carbonyl (C=O) groups excluding carboxylic acids is 1. The molecule has 0 unspecified atom stereocenters. The molecule has 0 aliphatic heterocycles. The number of hydrogen-bond acceptors (Lipinski definition) is 4. The van der Waals surface area contributed by atoms with Gasteiger partial charge in [-0.1, -0.05) is 6.07 Å². The highest BCUT2D eigenvalue weighted by atomic mass is 16.5. The standard InChI is InChI=1S/C17H23NO5/c1-22-9-4-10-23-14-6-2-5-13(11-14)16(21)18-17(7-3-8-17)12-15(19)20/h2,5-6,11H,3-4,7-10,12H2,1H3,(H,18,21)(H,19,20). The van der Waals surface area contributed by atoms with E-state index in [0.717, 1.165) is 12.8 Å². The molecule has 6 heteroatoms. The Morgan fingerprint density at radius 1 is 1.30 bits per heavy atom. The number of ether oxygens (including phenoxy) is 2. The second kappa shape index (κ2) is 7.97. The van der Waals surface area contributed by atoms with Gasteiger partial charge in [0.25, 0.3) is 5.91 Å². The zero-order valence-electron chi connectivity index (χ0n) is 13.3. The molecule has 0 saturated heterocycles. The molecule has 2 N–H and O–H groups in total. The van der Waals surface area contributed by atoms with Crippen LogP contribution in [0.25, 0.3) is 0 Å². The van der Waals surface area contributed by atoms with Crippen molar-refractivity contribution in [1.29, 1.82) is 0 Å². The van der Waals surface area contributed by atoms with Crippen molar-refractivity contribution < 1.29 is 24.2 Å². The number of carboxylic acids is 1. The maximum atomic E-state index is 12.4. The van der Waals surface area contributed by atoms with Crippen molar-refractivity contribution in [2.24, 2.45) is 0 Å². The number of carboxylic acid groups (broad SMARTS) is 1. The van der Waals surface area contributed by atoms with Crippen molar-refractivity contribution in [2.45, 2.75) is 37.6 Å².